The van der Waals surface area contributed by atoms with Crippen LogP contribution in [-0.2, 0) is 12.3 Å². The predicted octanol–water partition coefficient (Wildman–Crippen LogP) is 4.37. The second-order valence-corrected chi connectivity index (χ2v) is 8.15. The average Bonchev–Trinajstić information content (AvgIpc) is 3.52. The molecule has 158 valence electrons. The van der Waals surface area contributed by atoms with Gasteiger partial charge >= 0.3 is 0 Å². The molecule has 1 amide bonds. The van der Waals surface area contributed by atoms with E-state index in [-0.39, 0.29) is 5.91 Å². The molecular weight excluding hydrogens is 420 g/mol. The van der Waals surface area contributed by atoms with Crippen LogP contribution in [0.25, 0.3) is 16.9 Å². The fourth-order valence-electron chi connectivity index (χ4n) is 3.36. The summed E-state index contributed by atoms with van der Waals surface area (Å²) in [7, 11) is 0. The van der Waals surface area contributed by atoms with Gasteiger partial charge in [-0.25, -0.2) is 15.0 Å². The van der Waals surface area contributed by atoms with Crippen molar-refractivity contribution in [3.8, 4) is 5.82 Å². The molecule has 0 atom stereocenters. The summed E-state index contributed by atoms with van der Waals surface area (Å²) in [6.07, 6.45) is 7.01. The molecule has 0 aliphatic heterocycles. The zero-order chi connectivity index (χ0) is 21.8. The maximum atomic E-state index is 12.9. The lowest BCUT2D eigenvalue weighted by Crippen LogP contribution is -2.24. The molecule has 8 heteroatoms. The summed E-state index contributed by atoms with van der Waals surface area (Å²) in [5.74, 6) is 1.32. The molecule has 0 saturated heterocycles. The second kappa shape index (κ2) is 9.07. The molecule has 0 bridgehead atoms. The molecule has 0 spiro atoms. The monoisotopic (exact) mass is 440 g/mol. The van der Waals surface area contributed by atoms with Gasteiger partial charge in [0.15, 0.2) is 5.16 Å². The minimum absolute atomic E-state index is 0.107. The molecule has 32 heavy (non-hydrogen) atoms. The molecule has 0 unspecified atom stereocenters. The van der Waals surface area contributed by atoms with E-state index in [1.807, 2.05) is 71.4 Å². The normalized spacial score (nSPS) is 11.0. The topological polar surface area (TPSA) is 88.5 Å². The number of H-pyrrole nitrogens is 1. The number of nitrogens with zero attached hydrogens (tertiary/aromatic N) is 4. The summed E-state index contributed by atoms with van der Waals surface area (Å²) in [6, 6.07) is 19.4. The van der Waals surface area contributed by atoms with Crippen molar-refractivity contribution < 1.29 is 4.79 Å². The van der Waals surface area contributed by atoms with E-state index in [2.05, 4.69) is 25.3 Å². The van der Waals surface area contributed by atoms with Crippen LogP contribution >= 0.6 is 11.8 Å². The average molecular weight is 441 g/mol. The lowest BCUT2D eigenvalue weighted by Gasteiger charge is -2.10. The number of fused-ring (bicyclic) bond motifs is 1. The Kier molecular flexibility index (Phi) is 5.67. The maximum Gasteiger partial charge on any atom is 0.251 e. The summed E-state index contributed by atoms with van der Waals surface area (Å²) >= 11 is 1.58. The molecule has 7 nitrogen and oxygen atoms in total. The SMILES string of the molecule is O=C(NCc1ccc(-n2ccnc2)nc1)c1ccccc1CSc1nc2ccccc2[nH]1. The van der Waals surface area contributed by atoms with Gasteiger partial charge in [0.2, 0.25) is 0 Å². The van der Waals surface area contributed by atoms with Crippen LogP contribution in [0.5, 0.6) is 0 Å². The van der Waals surface area contributed by atoms with Crippen molar-refractivity contribution in [3.05, 3.63) is 102 Å². The van der Waals surface area contributed by atoms with Crippen molar-refractivity contribution in [2.45, 2.75) is 17.5 Å². The highest BCUT2D eigenvalue weighted by Gasteiger charge is 2.12. The van der Waals surface area contributed by atoms with Crippen LogP contribution in [0.3, 0.4) is 0 Å². The fourth-order valence-corrected chi connectivity index (χ4v) is 4.25. The van der Waals surface area contributed by atoms with Gasteiger partial charge in [-0.2, -0.15) is 0 Å². The first-order valence-corrected chi connectivity index (χ1v) is 11.1. The Hall–Kier alpha value is -3.91. The van der Waals surface area contributed by atoms with E-state index in [9.17, 15) is 4.79 Å². The number of pyridine rings is 1. The van der Waals surface area contributed by atoms with Gasteiger partial charge in [0, 0.05) is 36.5 Å². The molecule has 2 N–H and O–H groups in total. The van der Waals surface area contributed by atoms with Gasteiger partial charge < -0.3 is 10.3 Å². The number of imidazole rings is 2. The number of para-hydroxylation sites is 2. The highest BCUT2D eigenvalue weighted by molar-refractivity contribution is 7.98. The van der Waals surface area contributed by atoms with Gasteiger partial charge in [0.25, 0.3) is 5.91 Å². The molecule has 3 heterocycles. The molecule has 0 radical (unpaired) electrons. The fraction of sp³-hybridized carbons (Fsp3) is 0.0833. The first-order valence-electron chi connectivity index (χ1n) is 10.1. The number of amides is 1. The van der Waals surface area contributed by atoms with Crippen molar-refractivity contribution in [2.24, 2.45) is 0 Å². The molecule has 5 rings (SSSR count). The van der Waals surface area contributed by atoms with E-state index in [0.717, 1.165) is 33.1 Å². The Bertz CT molecular complexity index is 1310. The number of hydrogen-bond acceptors (Lipinski definition) is 5. The minimum atomic E-state index is -0.107. The molecule has 0 fully saturated rings. The van der Waals surface area contributed by atoms with Gasteiger partial charge in [-0.3, -0.25) is 9.36 Å². The quantitative estimate of drug-likeness (QED) is 0.367. The summed E-state index contributed by atoms with van der Waals surface area (Å²) < 4.78 is 1.83. The van der Waals surface area contributed by atoms with Gasteiger partial charge in [-0.15, -0.1) is 0 Å². The Morgan fingerprint density at radius 2 is 1.94 bits per heavy atom. The number of aromatic amines is 1. The Morgan fingerprint density at radius 1 is 1.06 bits per heavy atom. The zero-order valence-corrected chi connectivity index (χ0v) is 17.9. The lowest BCUT2D eigenvalue weighted by molar-refractivity contribution is 0.0950. The molecule has 5 aromatic rings. The highest BCUT2D eigenvalue weighted by atomic mass is 32.2. The lowest BCUT2D eigenvalue weighted by atomic mass is 10.1. The number of thioether (sulfide) groups is 1. The minimum Gasteiger partial charge on any atom is -0.348 e. The second-order valence-electron chi connectivity index (χ2n) is 7.18. The molecule has 2 aromatic carbocycles. The molecule has 3 aromatic heterocycles. The van der Waals surface area contributed by atoms with Crippen LogP contribution < -0.4 is 5.32 Å². The van der Waals surface area contributed by atoms with E-state index in [1.54, 1.807) is 30.5 Å². The van der Waals surface area contributed by atoms with Crippen molar-refractivity contribution in [1.29, 1.82) is 0 Å². The van der Waals surface area contributed by atoms with Crippen LogP contribution in [0.2, 0.25) is 0 Å². The highest BCUT2D eigenvalue weighted by Crippen LogP contribution is 2.24. The van der Waals surface area contributed by atoms with E-state index in [1.165, 1.54) is 0 Å². The van der Waals surface area contributed by atoms with Crippen LogP contribution in [0, 0.1) is 0 Å². The van der Waals surface area contributed by atoms with Gasteiger partial charge in [0.05, 0.1) is 11.0 Å². The van der Waals surface area contributed by atoms with E-state index in [0.29, 0.717) is 17.9 Å². The van der Waals surface area contributed by atoms with Crippen molar-refractivity contribution in [2.75, 3.05) is 0 Å². The Labute approximate surface area is 189 Å². The van der Waals surface area contributed by atoms with Crippen molar-refractivity contribution in [3.63, 3.8) is 0 Å². The molecule has 0 saturated carbocycles. The largest absolute Gasteiger partial charge is 0.348 e. The number of carbonyl (C=O) groups excluding carboxylic acids is 1. The maximum absolute atomic E-state index is 12.9. The van der Waals surface area contributed by atoms with E-state index in [4.69, 9.17) is 0 Å². The number of benzene rings is 2. The first-order chi connectivity index (χ1) is 15.8. The summed E-state index contributed by atoms with van der Waals surface area (Å²) in [4.78, 5) is 29.2. The smallest absolute Gasteiger partial charge is 0.251 e. The number of aromatic nitrogens is 5. The Balaban J connectivity index is 1.23. The van der Waals surface area contributed by atoms with Crippen LogP contribution in [0.15, 0.2) is 90.7 Å². The third-order valence-corrected chi connectivity index (χ3v) is 5.95. The summed E-state index contributed by atoms with van der Waals surface area (Å²) in [5.41, 5.74) is 4.50. The van der Waals surface area contributed by atoms with Crippen molar-refractivity contribution in [1.82, 2.24) is 29.8 Å². The first kappa shape index (κ1) is 20.0. The predicted molar refractivity (Wildman–Crippen MR) is 125 cm³/mol. The number of carbonyl (C=O) groups is 1. The van der Waals surface area contributed by atoms with Gasteiger partial charge in [-0.1, -0.05) is 48.2 Å². The standard InChI is InChI=1S/C24H20N6OS/c31-23(27-14-17-9-10-22(26-13-17)30-12-11-25-16-30)19-6-2-1-5-18(19)15-32-24-28-20-7-3-4-8-21(20)29-24/h1-13,16H,14-15H2,(H,27,31)(H,28,29). The van der Waals surface area contributed by atoms with Gasteiger partial charge in [0.1, 0.15) is 12.1 Å². The summed E-state index contributed by atoms with van der Waals surface area (Å²) in [6.45, 7) is 0.404. The Morgan fingerprint density at radius 3 is 2.75 bits per heavy atom. The van der Waals surface area contributed by atoms with E-state index < -0.39 is 0 Å². The number of nitrogens with one attached hydrogen (secondary N) is 2. The number of hydrogen-bond donors (Lipinski definition) is 2. The third-order valence-electron chi connectivity index (χ3n) is 5.03. The van der Waals surface area contributed by atoms with Crippen LogP contribution in [0.4, 0.5) is 0 Å². The third kappa shape index (κ3) is 4.40. The molecule has 0 aliphatic carbocycles. The van der Waals surface area contributed by atoms with Crippen molar-refractivity contribution >= 4 is 28.7 Å². The molecular formula is C24H20N6OS. The zero-order valence-electron chi connectivity index (χ0n) is 17.1. The van der Waals surface area contributed by atoms with E-state index >= 15 is 0 Å². The van der Waals surface area contributed by atoms with Gasteiger partial charge in [-0.05, 0) is 35.4 Å². The number of rotatable bonds is 7. The van der Waals surface area contributed by atoms with Crippen LogP contribution in [-0.4, -0.2) is 30.4 Å². The van der Waals surface area contributed by atoms with Crippen LogP contribution in [0.1, 0.15) is 21.5 Å². The molecule has 0 aliphatic rings. The summed E-state index contributed by atoms with van der Waals surface area (Å²) in [5, 5.41) is 3.84.